The Morgan fingerprint density at radius 3 is 2.57 bits per heavy atom. The van der Waals surface area contributed by atoms with Gasteiger partial charge in [-0.2, -0.15) is 5.26 Å². The molecule has 1 aromatic heterocycles. The number of hydrogen-bond acceptors (Lipinski definition) is 4. The van der Waals surface area contributed by atoms with E-state index in [-0.39, 0.29) is 16.5 Å². The molecule has 1 aromatic carbocycles. The molecule has 110 valence electrons. The number of benzene rings is 1. The number of nitrogens with zero attached hydrogens (tertiary/aromatic N) is 1. The standard InChI is InChI=1S/C14H13ClN2O2S2/c1-2-11-4-5-12(20-11)9-17-21(18,19)14-6-3-10(8-16)7-13(14)15/h3-7,17H,2,9H2,1H3. The van der Waals surface area contributed by atoms with Crippen LogP contribution in [0.2, 0.25) is 5.02 Å². The van der Waals surface area contributed by atoms with Crippen molar-refractivity contribution in [3.8, 4) is 6.07 Å². The molecule has 0 aliphatic heterocycles. The van der Waals surface area contributed by atoms with Crippen LogP contribution in [0.15, 0.2) is 35.2 Å². The van der Waals surface area contributed by atoms with E-state index in [0.29, 0.717) is 5.56 Å². The first-order chi connectivity index (χ1) is 9.96. The highest BCUT2D eigenvalue weighted by Gasteiger charge is 2.18. The van der Waals surface area contributed by atoms with Crippen molar-refractivity contribution in [2.75, 3.05) is 0 Å². The van der Waals surface area contributed by atoms with Crippen molar-refractivity contribution in [2.24, 2.45) is 0 Å². The lowest BCUT2D eigenvalue weighted by Crippen LogP contribution is -2.23. The molecule has 21 heavy (non-hydrogen) atoms. The molecule has 0 saturated carbocycles. The number of halogens is 1. The van der Waals surface area contributed by atoms with E-state index >= 15 is 0 Å². The molecule has 2 aromatic rings. The number of aryl methyl sites for hydroxylation is 1. The molecule has 2 rings (SSSR count). The van der Waals surface area contributed by atoms with Gasteiger partial charge in [-0.25, -0.2) is 13.1 Å². The number of hydrogen-bond donors (Lipinski definition) is 1. The number of nitriles is 1. The molecule has 0 spiro atoms. The lowest BCUT2D eigenvalue weighted by Gasteiger charge is -2.07. The van der Waals surface area contributed by atoms with Gasteiger partial charge >= 0.3 is 0 Å². The monoisotopic (exact) mass is 340 g/mol. The molecule has 4 nitrogen and oxygen atoms in total. The van der Waals surface area contributed by atoms with Gasteiger partial charge in [-0.05, 0) is 36.8 Å². The quantitative estimate of drug-likeness (QED) is 0.907. The Balaban J connectivity index is 2.17. The van der Waals surface area contributed by atoms with Crippen LogP contribution < -0.4 is 4.72 Å². The topological polar surface area (TPSA) is 70.0 Å². The molecule has 0 unspecified atom stereocenters. The summed E-state index contributed by atoms with van der Waals surface area (Å²) >= 11 is 7.51. The molecule has 0 aliphatic rings. The van der Waals surface area contributed by atoms with E-state index in [1.807, 2.05) is 18.2 Å². The van der Waals surface area contributed by atoms with Crippen molar-refractivity contribution in [3.63, 3.8) is 0 Å². The summed E-state index contributed by atoms with van der Waals surface area (Å²) in [6.45, 7) is 2.28. The first kappa shape index (κ1) is 16.0. The summed E-state index contributed by atoms with van der Waals surface area (Å²) in [6, 6.07) is 9.93. The zero-order valence-corrected chi connectivity index (χ0v) is 13.6. The minimum absolute atomic E-state index is 0.0181. The molecule has 1 heterocycles. The Labute approximate surface area is 133 Å². The Morgan fingerprint density at radius 1 is 1.29 bits per heavy atom. The normalized spacial score (nSPS) is 11.3. The van der Waals surface area contributed by atoms with Crippen molar-refractivity contribution in [3.05, 3.63) is 50.7 Å². The van der Waals surface area contributed by atoms with Crippen molar-refractivity contribution in [2.45, 2.75) is 24.8 Å². The van der Waals surface area contributed by atoms with E-state index in [0.717, 1.165) is 11.3 Å². The molecule has 0 amide bonds. The highest BCUT2D eigenvalue weighted by molar-refractivity contribution is 7.89. The Bertz CT molecular complexity index is 792. The van der Waals surface area contributed by atoms with Gasteiger partial charge in [0.15, 0.2) is 0 Å². The van der Waals surface area contributed by atoms with E-state index in [2.05, 4.69) is 11.6 Å². The van der Waals surface area contributed by atoms with Crippen molar-refractivity contribution < 1.29 is 8.42 Å². The fraction of sp³-hybridized carbons (Fsp3) is 0.214. The number of nitrogens with one attached hydrogen (secondary N) is 1. The minimum atomic E-state index is -3.70. The minimum Gasteiger partial charge on any atom is -0.207 e. The first-order valence-corrected chi connectivity index (χ1v) is 8.91. The van der Waals surface area contributed by atoms with Gasteiger partial charge in [0, 0.05) is 16.3 Å². The van der Waals surface area contributed by atoms with Gasteiger partial charge in [-0.1, -0.05) is 18.5 Å². The van der Waals surface area contributed by atoms with Crippen molar-refractivity contribution >= 4 is 33.0 Å². The zero-order chi connectivity index (χ0) is 15.5. The highest BCUT2D eigenvalue weighted by Crippen LogP contribution is 2.23. The molecule has 0 atom stereocenters. The molecule has 7 heteroatoms. The van der Waals surface area contributed by atoms with Gasteiger partial charge in [0.1, 0.15) is 4.90 Å². The van der Waals surface area contributed by atoms with Crippen LogP contribution in [0.3, 0.4) is 0 Å². The van der Waals surface area contributed by atoms with E-state index < -0.39 is 10.0 Å². The van der Waals surface area contributed by atoms with Crippen LogP contribution in [0.1, 0.15) is 22.2 Å². The summed E-state index contributed by atoms with van der Waals surface area (Å²) < 4.78 is 27.0. The lowest BCUT2D eigenvalue weighted by atomic mass is 10.2. The summed E-state index contributed by atoms with van der Waals surface area (Å²) in [5.41, 5.74) is 0.324. The van der Waals surface area contributed by atoms with Crippen LogP contribution in [-0.2, 0) is 23.0 Å². The molecule has 0 saturated heterocycles. The Hall–Kier alpha value is -1.39. The van der Waals surface area contributed by atoms with Gasteiger partial charge in [0.05, 0.1) is 16.7 Å². The van der Waals surface area contributed by atoms with Crippen LogP contribution in [0.25, 0.3) is 0 Å². The smallest absolute Gasteiger partial charge is 0.207 e. The average Bonchev–Trinajstić information content (AvgIpc) is 2.93. The summed E-state index contributed by atoms with van der Waals surface area (Å²) in [5.74, 6) is 0. The molecular weight excluding hydrogens is 328 g/mol. The third-order valence-electron chi connectivity index (χ3n) is 2.85. The lowest BCUT2D eigenvalue weighted by molar-refractivity contribution is 0.582. The van der Waals surface area contributed by atoms with E-state index in [9.17, 15) is 8.42 Å². The second kappa shape index (κ2) is 6.58. The van der Waals surface area contributed by atoms with Crippen LogP contribution >= 0.6 is 22.9 Å². The van der Waals surface area contributed by atoms with E-state index in [4.69, 9.17) is 16.9 Å². The first-order valence-electron chi connectivity index (χ1n) is 6.23. The van der Waals surface area contributed by atoms with Gasteiger partial charge in [-0.15, -0.1) is 11.3 Å². The fourth-order valence-electron chi connectivity index (χ4n) is 1.74. The van der Waals surface area contributed by atoms with Crippen LogP contribution in [-0.4, -0.2) is 8.42 Å². The summed E-state index contributed by atoms with van der Waals surface area (Å²) in [4.78, 5) is 2.14. The number of thiophene rings is 1. The summed E-state index contributed by atoms with van der Waals surface area (Å²) in [7, 11) is -3.70. The molecule has 1 N–H and O–H groups in total. The van der Waals surface area contributed by atoms with Crippen LogP contribution in [0.5, 0.6) is 0 Å². The maximum atomic E-state index is 12.2. The molecule has 0 aliphatic carbocycles. The van der Waals surface area contributed by atoms with Gasteiger partial charge in [0.25, 0.3) is 0 Å². The maximum Gasteiger partial charge on any atom is 0.242 e. The van der Waals surface area contributed by atoms with Gasteiger partial charge in [-0.3, -0.25) is 0 Å². The van der Waals surface area contributed by atoms with Crippen LogP contribution in [0.4, 0.5) is 0 Å². The Kier molecular flexibility index (Phi) is 5.01. The van der Waals surface area contributed by atoms with E-state index in [1.165, 1.54) is 23.1 Å². The largest absolute Gasteiger partial charge is 0.242 e. The van der Waals surface area contributed by atoms with E-state index in [1.54, 1.807) is 11.3 Å². The second-order valence-electron chi connectivity index (χ2n) is 4.30. The SMILES string of the molecule is CCc1ccc(CNS(=O)(=O)c2ccc(C#N)cc2Cl)s1. The maximum absolute atomic E-state index is 12.2. The van der Waals surface area contributed by atoms with Crippen molar-refractivity contribution in [1.82, 2.24) is 4.72 Å². The number of sulfonamides is 1. The second-order valence-corrected chi connectivity index (χ2v) is 7.70. The molecule has 0 bridgehead atoms. The molecule has 0 fully saturated rings. The Morgan fingerprint density at radius 2 is 2.00 bits per heavy atom. The van der Waals surface area contributed by atoms with Crippen LogP contribution in [0, 0.1) is 11.3 Å². The predicted octanol–water partition coefficient (Wildman–Crippen LogP) is 3.31. The third kappa shape index (κ3) is 3.83. The number of rotatable bonds is 5. The predicted molar refractivity (Wildman–Crippen MR) is 83.9 cm³/mol. The summed E-state index contributed by atoms with van der Waals surface area (Å²) in [5, 5.41) is 8.80. The zero-order valence-electron chi connectivity index (χ0n) is 11.3. The van der Waals surface area contributed by atoms with Crippen molar-refractivity contribution in [1.29, 1.82) is 5.26 Å². The third-order valence-corrected chi connectivity index (χ3v) is 5.97. The molecular formula is C14H13ClN2O2S2. The molecule has 0 radical (unpaired) electrons. The average molecular weight is 341 g/mol. The fourth-order valence-corrected chi connectivity index (χ4v) is 4.28. The van der Waals surface area contributed by atoms with Gasteiger partial charge < -0.3 is 0 Å². The highest BCUT2D eigenvalue weighted by atomic mass is 35.5. The summed E-state index contributed by atoms with van der Waals surface area (Å²) in [6.07, 6.45) is 0.929. The van der Waals surface area contributed by atoms with Gasteiger partial charge in [0.2, 0.25) is 10.0 Å².